The van der Waals surface area contributed by atoms with Crippen molar-refractivity contribution in [2.45, 2.75) is 33.1 Å². The second-order valence-electron chi connectivity index (χ2n) is 4.64. The number of rotatable bonds is 2. The highest BCUT2D eigenvalue weighted by Gasteiger charge is 2.22. The zero-order chi connectivity index (χ0) is 11.6. The van der Waals surface area contributed by atoms with Gasteiger partial charge in [0.25, 0.3) is 0 Å². The summed E-state index contributed by atoms with van der Waals surface area (Å²) in [5.74, 6) is 0. The second-order valence-corrected chi connectivity index (χ2v) is 4.64. The molecule has 15 heavy (non-hydrogen) atoms. The van der Waals surface area contributed by atoms with Crippen molar-refractivity contribution >= 4 is 0 Å². The molecule has 2 heteroatoms. The third-order valence-corrected chi connectivity index (χ3v) is 2.82. The van der Waals surface area contributed by atoms with E-state index in [1.54, 1.807) is 0 Å². The standard InChI is InChI=1S/C13H17NO/c1-9-5-10(2)12(6-11(9)7-14)13(3,4)8-15/h5-6,15H,8H2,1-4H3. The summed E-state index contributed by atoms with van der Waals surface area (Å²) in [5.41, 5.74) is 3.57. The highest BCUT2D eigenvalue weighted by molar-refractivity contribution is 5.46. The zero-order valence-electron chi connectivity index (χ0n) is 9.76. The summed E-state index contributed by atoms with van der Waals surface area (Å²) in [6.45, 7) is 7.99. The van der Waals surface area contributed by atoms with E-state index in [0.29, 0.717) is 5.56 Å². The first-order chi connectivity index (χ1) is 6.92. The molecule has 80 valence electrons. The van der Waals surface area contributed by atoms with Gasteiger partial charge in [-0.3, -0.25) is 0 Å². The monoisotopic (exact) mass is 203 g/mol. The lowest BCUT2D eigenvalue weighted by molar-refractivity contribution is 0.218. The van der Waals surface area contributed by atoms with Crippen molar-refractivity contribution in [2.75, 3.05) is 6.61 Å². The van der Waals surface area contributed by atoms with Crippen molar-refractivity contribution in [1.82, 2.24) is 0 Å². The first kappa shape index (κ1) is 11.7. The van der Waals surface area contributed by atoms with Crippen LogP contribution in [0.3, 0.4) is 0 Å². The number of nitrogens with zero attached hydrogens (tertiary/aromatic N) is 1. The molecular formula is C13H17NO. The Hall–Kier alpha value is -1.33. The summed E-state index contributed by atoms with van der Waals surface area (Å²) in [7, 11) is 0. The third kappa shape index (κ3) is 2.19. The highest BCUT2D eigenvalue weighted by atomic mass is 16.3. The summed E-state index contributed by atoms with van der Waals surface area (Å²) in [4.78, 5) is 0. The van der Waals surface area contributed by atoms with Gasteiger partial charge in [0.15, 0.2) is 0 Å². The molecule has 0 aromatic heterocycles. The molecule has 0 fully saturated rings. The first-order valence-corrected chi connectivity index (χ1v) is 5.05. The van der Waals surface area contributed by atoms with Gasteiger partial charge in [-0.15, -0.1) is 0 Å². The van der Waals surface area contributed by atoms with Crippen LogP contribution in [0.25, 0.3) is 0 Å². The Morgan fingerprint density at radius 1 is 1.27 bits per heavy atom. The normalized spacial score (nSPS) is 11.2. The summed E-state index contributed by atoms with van der Waals surface area (Å²) in [6, 6.07) is 6.07. The van der Waals surface area contributed by atoms with Crippen LogP contribution in [0.4, 0.5) is 0 Å². The Morgan fingerprint density at radius 3 is 2.33 bits per heavy atom. The van der Waals surface area contributed by atoms with Crippen LogP contribution < -0.4 is 0 Å². The fourth-order valence-electron chi connectivity index (χ4n) is 1.79. The van der Waals surface area contributed by atoms with Crippen molar-refractivity contribution in [2.24, 2.45) is 0 Å². The number of aliphatic hydroxyl groups is 1. The van der Waals surface area contributed by atoms with E-state index in [9.17, 15) is 5.11 Å². The van der Waals surface area contributed by atoms with Crippen molar-refractivity contribution in [3.8, 4) is 6.07 Å². The Morgan fingerprint density at radius 2 is 1.87 bits per heavy atom. The van der Waals surface area contributed by atoms with E-state index in [4.69, 9.17) is 5.26 Å². The van der Waals surface area contributed by atoms with Crippen LogP contribution >= 0.6 is 0 Å². The largest absolute Gasteiger partial charge is 0.395 e. The van der Waals surface area contributed by atoms with E-state index >= 15 is 0 Å². The van der Waals surface area contributed by atoms with E-state index in [0.717, 1.165) is 16.7 Å². The molecule has 1 rings (SSSR count). The number of hydrogen-bond acceptors (Lipinski definition) is 2. The predicted molar refractivity (Wildman–Crippen MR) is 60.7 cm³/mol. The predicted octanol–water partition coefficient (Wildman–Crippen LogP) is 2.45. The number of aliphatic hydroxyl groups excluding tert-OH is 1. The fourth-order valence-corrected chi connectivity index (χ4v) is 1.79. The van der Waals surface area contributed by atoms with Crippen LogP contribution in [-0.4, -0.2) is 11.7 Å². The van der Waals surface area contributed by atoms with E-state index in [2.05, 4.69) is 6.07 Å². The molecule has 0 atom stereocenters. The Kier molecular flexibility index (Phi) is 3.16. The maximum atomic E-state index is 9.32. The smallest absolute Gasteiger partial charge is 0.0994 e. The Balaban J connectivity index is 3.39. The van der Waals surface area contributed by atoms with Crippen molar-refractivity contribution in [3.63, 3.8) is 0 Å². The SMILES string of the molecule is Cc1cc(C)c(C(C)(C)CO)cc1C#N. The molecule has 0 bridgehead atoms. The Bertz CT molecular complexity index is 413. The van der Waals surface area contributed by atoms with Crippen LogP contribution in [0, 0.1) is 25.2 Å². The molecule has 0 saturated carbocycles. The average Bonchev–Trinajstić information content (AvgIpc) is 2.17. The van der Waals surface area contributed by atoms with Gasteiger partial charge in [0.2, 0.25) is 0 Å². The van der Waals surface area contributed by atoms with E-state index in [1.807, 2.05) is 39.8 Å². The van der Waals surface area contributed by atoms with Crippen molar-refractivity contribution in [1.29, 1.82) is 5.26 Å². The lowest BCUT2D eigenvalue weighted by Crippen LogP contribution is -2.23. The van der Waals surface area contributed by atoms with E-state index < -0.39 is 0 Å². The molecule has 1 N–H and O–H groups in total. The maximum absolute atomic E-state index is 9.32. The highest BCUT2D eigenvalue weighted by Crippen LogP contribution is 2.28. The van der Waals surface area contributed by atoms with Gasteiger partial charge in [-0.1, -0.05) is 19.9 Å². The molecule has 1 aromatic rings. The van der Waals surface area contributed by atoms with Gasteiger partial charge in [0.05, 0.1) is 18.2 Å². The molecular weight excluding hydrogens is 186 g/mol. The average molecular weight is 203 g/mol. The fraction of sp³-hybridized carbons (Fsp3) is 0.462. The van der Waals surface area contributed by atoms with E-state index in [1.165, 1.54) is 0 Å². The lowest BCUT2D eigenvalue weighted by Gasteiger charge is -2.25. The van der Waals surface area contributed by atoms with Crippen molar-refractivity contribution in [3.05, 3.63) is 34.4 Å². The van der Waals surface area contributed by atoms with Gasteiger partial charge in [0, 0.05) is 5.41 Å². The van der Waals surface area contributed by atoms with E-state index in [-0.39, 0.29) is 12.0 Å². The molecule has 0 aliphatic heterocycles. The zero-order valence-corrected chi connectivity index (χ0v) is 9.76. The summed E-state index contributed by atoms with van der Waals surface area (Å²) in [6.07, 6.45) is 0. The van der Waals surface area contributed by atoms with Gasteiger partial charge < -0.3 is 5.11 Å². The van der Waals surface area contributed by atoms with Gasteiger partial charge in [0.1, 0.15) is 0 Å². The minimum absolute atomic E-state index is 0.0851. The van der Waals surface area contributed by atoms with Gasteiger partial charge in [-0.2, -0.15) is 5.26 Å². The van der Waals surface area contributed by atoms with Crippen LogP contribution in [-0.2, 0) is 5.41 Å². The lowest BCUT2D eigenvalue weighted by atomic mass is 9.81. The van der Waals surface area contributed by atoms with Crippen molar-refractivity contribution < 1.29 is 5.11 Å². The summed E-state index contributed by atoms with van der Waals surface area (Å²) >= 11 is 0. The van der Waals surface area contributed by atoms with Gasteiger partial charge in [-0.05, 0) is 36.6 Å². The molecule has 0 heterocycles. The Labute approximate surface area is 91.2 Å². The van der Waals surface area contributed by atoms with Crippen LogP contribution in [0.1, 0.15) is 36.1 Å². The molecule has 0 saturated heterocycles. The quantitative estimate of drug-likeness (QED) is 0.802. The number of benzene rings is 1. The van der Waals surface area contributed by atoms with Crippen LogP contribution in [0.15, 0.2) is 12.1 Å². The minimum atomic E-state index is -0.288. The first-order valence-electron chi connectivity index (χ1n) is 5.05. The summed E-state index contributed by atoms with van der Waals surface area (Å²) in [5, 5.41) is 18.3. The van der Waals surface area contributed by atoms with Crippen LogP contribution in [0.2, 0.25) is 0 Å². The molecule has 1 aromatic carbocycles. The number of aryl methyl sites for hydroxylation is 2. The second kappa shape index (κ2) is 4.04. The molecule has 0 aliphatic rings. The number of hydrogen-bond donors (Lipinski definition) is 1. The third-order valence-electron chi connectivity index (χ3n) is 2.82. The molecule has 2 nitrogen and oxygen atoms in total. The summed E-state index contributed by atoms with van der Waals surface area (Å²) < 4.78 is 0. The molecule has 0 spiro atoms. The van der Waals surface area contributed by atoms with Gasteiger partial charge in [-0.25, -0.2) is 0 Å². The minimum Gasteiger partial charge on any atom is -0.395 e. The molecule has 0 aliphatic carbocycles. The molecule has 0 unspecified atom stereocenters. The van der Waals surface area contributed by atoms with Gasteiger partial charge >= 0.3 is 0 Å². The molecule has 0 amide bonds. The molecule has 0 radical (unpaired) electrons. The maximum Gasteiger partial charge on any atom is 0.0994 e. The topological polar surface area (TPSA) is 44.0 Å². The van der Waals surface area contributed by atoms with Crippen LogP contribution in [0.5, 0.6) is 0 Å². The number of nitriles is 1.